The number of carbonyl (C=O) groups is 2. The quantitative estimate of drug-likeness (QED) is 0.585. The van der Waals surface area contributed by atoms with Crippen LogP contribution in [-0.2, 0) is 26.7 Å². The smallest absolute Gasteiger partial charge is 0.550 e. The minimum Gasteiger partial charge on any atom is -0.550 e. The van der Waals surface area contributed by atoms with Gasteiger partial charge in [-0.2, -0.15) is 0 Å². The molecule has 5 heteroatoms. The number of aliphatic carboxylic acids is 2. The van der Waals surface area contributed by atoms with Gasteiger partial charge in [0, 0.05) is 11.9 Å². The van der Waals surface area contributed by atoms with Crippen LogP contribution >= 0.6 is 0 Å². The first-order valence-electron chi connectivity index (χ1n) is 9.97. The molecule has 0 N–H and O–H groups in total. The Labute approximate surface area is 163 Å². The van der Waals surface area contributed by atoms with Crippen LogP contribution in [0.3, 0.4) is 0 Å². The van der Waals surface area contributed by atoms with E-state index in [-0.39, 0.29) is 29.9 Å². The third-order valence-electron chi connectivity index (χ3n) is 5.44. The zero-order chi connectivity index (χ0) is 17.6. The summed E-state index contributed by atoms with van der Waals surface area (Å²) >= 11 is 0. The van der Waals surface area contributed by atoms with Crippen molar-refractivity contribution in [3.8, 4) is 0 Å². The first-order chi connectivity index (χ1) is 11.6. The number of carbonyl (C=O) groups excluding carboxylic acids is 2. The summed E-state index contributed by atoms with van der Waals surface area (Å²) in [6.45, 7) is 0. The summed E-state index contributed by atoms with van der Waals surface area (Å²) in [5, 5.41) is 20.3. The fraction of sp³-hybridized carbons (Fsp3) is 0.900. The van der Waals surface area contributed by atoms with Gasteiger partial charge in [-0.25, -0.2) is 0 Å². The molecule has 0 saturated heterocycles. The van der Waals surface area contributed by atoms with Crippen LogP contribution in [0.15, 0.2) is 0 Å². The van der Waals surface area contributed by atoms with E-state index in [9.17, 15) is 19.8 Å². The van der Waals surface area contributed by atoms with Gasteiger partial charge in [0.2, 0.25) is 0 Å². The van der Waals surface area contributed by atoms with Gasteiger partial charge >= 0.3 is 17.1 Å². The van der Waals surface area contributed by atoms with Crippen molar-refractivity contribution in [2.75, 3.05) is 0 Å². The van der Waals surface area contributed by atoms with Crippen molar-refractivity contribution in [2.45, 2.75) is 103 Å². The molecule has 1 radical (unpaired) electrons. The second kappa shape index (κ2) is 15.7. The molecule has 0 unspecified atom stereocenters. The molecule has 0 aromatic carbocycles. The van der Waals surface area contributed by atoms with E-state index in [0.29, 0.717) is 0 Å². The summed E-state index contributed by atoms with van der Waals surface area (Å²) in [4.78, 5) is 20.3. The summed E-state index contributed by atoms with van der Waals surface area (Å²) < 4.78 is 0. The molecule has 0 heterocycles. The first-order valence-corrected chi connectivity index (χ1v) is 9.97. The van der Waals surface area contributed by atoms with Crippen molar-refractivity contribution in [1.82, 2.24) is 0 Å². The van der Waals surface area contributed by atoms with Crippen LogP contribution in [0.25, 0.3) is 0 Å². The van der Waals surface area contributed by atoms with Crippen LogP contribution in [0.2, 0.25) is 0 Å². The summed E-state index contributed by atoms with van der Waals surface area (Å²) in [6, 6.07) is 0. The van der Waals surface area contributed by atoms with Crippen molar-refractivity contribution >= 4 is 11.9 Å². The Morgan fingerprint density at radius 3 is 1.24 bits per heavy atom. The molecule has 2 rings (SSSR count). The minimum atomic E-state index is -0.897. The van der Waals surface area contributed by atoms with Gasteiger partial charge in [0.05, 0.1) is 0 Å². The number of hydrogen-bond donors (Lipinski definition) is 0. The number of carboxylic acid groups (broad SMARTS) is 2. The first kappa shape index (κ1) is 24.5. The van der Waals surface area contributed by atoms with E-state index in [4.69, 9.17) is 0 Å². The molecular weight excluding hydrogens is 368 g/mol. The minimum absolute atomic E-state index is 0. The third-order valence-corrected chi connectivity index (χ3v) is 5.44. The Hall–Kier alpha value is -0.541. The molecular formula is C20H34CuO4. The Kier molecular flexibility index (Phi) is 15.4. The molecule has 25 heavy (non-hydrogen) atoms. The van der Waals surface area contributed by atoms with Crippen LogP contribution < -0.4 is 10.2 Å². The summed E-state index contributed by atoms with van der Waals surface area (Å²) in [6.07, 6.45) is 17.7. The van der Waals surface area contributed by atoms with Crippen LogP contribution in [0.4, 0.5) is 0 Å². The van der Waals surface area contributed by atoms with Gasteiger partial charge in [0.15, 0.2) is 0 Å². The van der Waals surface area contributed by atoms with E-state index in [1.165, 1.54) is 64.2 Å². The molecule has 0 atom stereocenters. The van der Waals surface area contributed by atoms with Gasteiger partial charge in [0.25, 0.3) is 0 Å². The SMILES string of the molecule is O=C([O-])CCCC1CCCCC1.O=C([O-])CCCC1CCCCC1.[Cu+2]. The standard InChI is InChI=1S/2C10H18O2.Cu/c2*11-10(12)8-4-7-9-5-2-1-3-6-9;/h2*9H,1-8H2,(H,11,12);/q;;+2/p-2. The largest absolute Gasteiger partial charge is 2.00 e. The van der Waals surface area contributed by atoms with E-state index < -0.39 is 11.9 Å². The molecule has 0 bridgehead atoms. The number of rotatable bonds is 8. The predicted molar refractivity (Wildman–Crippen MR) is 90.9 cm³/mol. The van der Waals surface area contributed by atoms with E-state index in [1.807, 2.05) is 0 Å². The van der Waals surface area contributed by atoms with Gasteiger partial charge in [-0.05, 0) is 37.5 Å². The maximum absolute atomic E-state index is 10.1. The second-order valence-electron chi connectivity index (χ2n) is 7.54. The van der Waals surface area contributed by atoms with E-state index in [1.54, 1.807) is 0 Å². The normalized spacial score (nSPS) is 18.6. The monoisotopic (exact) mass is 401 g/mol. The van der Waals surface area contributed by atoms with Gasteiger partial charge in [0.1, 0.15) is 0 Å². The molecule has 149 valence electrons. The van der Waals surface area contributed by atoms with Crippen LogP contribution in [-0.4, -0.2) is 11.9 Å². The summed E-state index contributed by atoms with van der Waals surface area (Å²) in [5.74, 6) is -0.187. The van der Waals surface area contributed by atoms with Crippen LogP contribution in [0.5, 0.6) is 0 Å². The molecule has 0 spiro atoms. The van der Waals surface area contributed by atoms with Gasteiger partial charge in [-0.1, -0.05) is 77.0 Å². The fourth-order valence-electron chi connectivity index (χ4n) is 4.02. The average molecular weight is 402 g/mol. The van der Waals surface area contributed by atoms with Crippen molar-refractivity contribution in [3.63, 3.8) is 0 Å². The Bertz CT molecular complexity index is 314. The molecule has 2 saturated carbocycles. The number of hydrogen-bond acceptors (Lipinski definition) is 4. The Balaban J connectivity index is 0.000000443. The molecule has 0 aliphatic heterocycles. The molecule has 0 aromatic heterocycles. The fourth-order valence-corrected chi connectivity index (χ4v) is 4.02. The van der Waals surface area contributed by atoms with E-state index in [2.05, 4.69) is 0 Å². The van der Waals surface area contributed by atoms with Gasteiger partial charge in [-0.3, -0.25) is 0 Å². The van der Waals surface area contributed by atoms with Crippen molar-refractivity contribution in [3.05, 3.63) is 0 Å². The van der Waals surface area contributed by atoms with Crippen molar-refractivity contribution in [1.29, 1.82) is 0 Å². The Morgan fingerprint density at radius 1 is 0.640 bits per heavy atom. The third kappa shape index (κ3) is 14.3. The van der Waals surface area contributed by atoms with Crippen LogP contribution in [0.1, 0.15) is 103 Å². The molecule has 0 amide bonds. The maximum Gasteiger partial charge on any atom is 2.00 e. The summed E-state index contributed by atoms with van der Waals surface area (Å²) in [5.41, 5.74) is 0. The maximum atomic E-state index is 10.1. The number of carboxylic acids is 2. The van der Waals surface area contributed by atoms with E-state index in [0.717, 1.165) is 37.5 Å². The summed E-state index contributed by atoms with van der Waals surface area (Å²) in [7, 11) is 0. The van der Waals surface area contributed by atoms with Gasteiger partial charge in [-0.15, -0.1) is 0 Å². The van der Waals surface area contributed by atoms with Crippen molar-refractivity contribution < 1.29 is 36.9 Å². The van der Waals surface area contributed by atoms with Crippen LogP contribution in [0, 0.1) is 11.8 Å². The van der Waals surface area contributed by atoms with E-state index >= 15 is 0 Å². The Morgan fingerprint density at radius 2 is 0.960 bits per heavy atom. The molecule has 2 aliphatic rings. The second-order valence-corrected chi connectivity index (χ2v) is 7.54. The molecule has 0 aromatic rings. The zero-order valence-corrected chi connectivity index (χ0v) is 16.3. The predicted octanol–water partition coefficient (Wildman–Crippen LogP) is 2.97. The molecule has 4 nitrogen and oxygen atoms in total. The van der Waals surface area contributed by atoms with Gasteiger partial charge < -0.3 is 19.8 Å². The topological polar surface area (TPSA) is 80.3 Å². The average Bonchev–Trinajstić information content (AvgIpc) is 2.57. The van der Waals surface area contributed by atoms with Crippen molar-refractivity contribution in [2.24, 2.45) is 11.8 Å². The molecule has 2 fully saturated rings. The zero-order valence-electron chi connectivity index (χ0n) is 15.4. The molecule has 2 aliphatic carbocycles.